The predicted octanol–water partition coefficient (Wildman–Crippen LogP) is 3.18. The second-order valence-electron chi connectivity index (χ2n) is 5.02. The lowest BCUT2D eigenvalue weighted by molar-refractivity contribution is 0.0700. The molecule has 1 atom stereocenters. The van der Waals surface area contributed by atoms with Crippen LogP contribution < -0.4 is 10.1 Å². The molecule has 24 heavy (non-hydrogen) atoms. The van der Waals surface area contributed by atoms with Crippen LogP contribution in [-0.4, -0.2) is 28.6 Å². The molecule has 2 aromatic rings. The van der Waals surface area contributed by atoms with Crippen LogP contribution in [0.15, 0.2) is 18.2 Å². The van der Waals surface area contributed by atoms with Crippen molar-refractivity contribution in [1.29, 1.82) is 0 Å². The van der Waals surface area contributed by atoms with Gasteiger partial charge in [0.25, 0.3) is 5.91 Å². The summed E-state index contributed by atoms with van der Waals surface area (Å²) in [6.45, 7) is 5.20. The van der Waals surface area contributed by atoms with Gasteiger partial charge in [0, 0.05) is 0 Å². The van der Waals surface area contributed by atoms with Gasteiger partial charge in [-0.25, -0.2) is 14.2 Å². The Bertz CT molecular complexity index is 775. The molecule has 2 N–H and O–H groups in total. The third-order valence-electron chi connectivity index (χ3n) is 3.23. The molecule has 0 bridgehead atoms. The van der Waals surface area contributed by atoms with Crippen molar-refractivity contribution in [3.8, 4) is 5.75 Å². The number of halogens is 1. The highest BCUT2D eigenvalue weighted by molar-refractivity contribution is 7.13. The van der Waals surface area contributed by atoms with Gasteiger partial charge in [-0.05, 0) is 32.9 Å². The third kappa shape index (κ3) is 3.70. The normalized spacial score (nSPS) is 11.8. The Morgan fingerprint density at radius 3 is 2.75 bits per heavy atom. The van der Waals surface area contributed by atoms with Crippen molar-refractivity contribution in [2.24, 2.45) is 0 Å². The van der Waals surface area contributed by atoms with E-state index in [9.17, 15) is 14.0 Å². The third-order valence-corrected chi connectivity index (χ3v) is 4.55. The van der Waals surface area contributed by atoms with Gasteiger partial charge >= 0.3 is 5.97 Å². The fourth-order valence-corrected chi connectivity index (χ4v) is 3.02. The van der Waals surface area contributed by atoms with E-state index in [-0.39, 0.29) is 22.8 Å². The second-order valence-corrected chi connectivity index (χ2v) is 6.05. The van der Waals surface area contributed by atoms with Gasteiger partial charge in [0.15, 0.2) is 11.6 Å². The maximum atomic E-state index is 13.8. The van der Waals surface area contributed by atoms with Gasteiger partial charge in [0.1, 0.15) is 9.88 Å². The molecule has 0 aliphatic carbocycles. The van der Waals surface area contributed by atoms with Gasteiger partial charge < -0.3 is 15.2 Å². The molecule has 1 unspecified atom stereocenters. The van der Waals surface area contributed by atoms with Crippen LogP contribution in [0.2, 0.25) is 0 Å². The molecule has 0 radical (unpaired) electrons. The topological polar surface area (TPSA) is 88.5 Å². The van der Waals surface area contributed by atoms with E-state index >= 15 is 0 Å². The standard InChI is InChI=1S/C16H17FN2O4S/c1-4-23-12-10(6-5-7-11(12)17)14(20)18-9(3)15-19-8(2)13(24-15)16(21)22/h5-7,9H,4H2,1-3H3,(H,18,20)(H,21,22). The molecule has 0 fully saturated rings. The zero-order valence-corrected chi connectivity index (χ0v) is 14.2. The molecule has 0 aliphatic rings. The van der Waals surface area contributed by atoms with E-state index in [1.807, 2.05) is 0 Å². The summed E-state index contributed by atoms with van der Waals surface area (Å²) in [4.78, 5) is 27.8. The zero-order valence-electron chi connectivity index (χ0n) is 13.4. The fraction of sp³-hybridized carbons (Fsp3) is 0.312. The van der Waals surface area contributed by atoms with Crippen molar-refractivity contribution in [2.45, 2.75) is 26.8 Å². The molecule has 0 saturated carbocycles. The number of para-hydroxylation sites is 1. The minimum absolute atomic E-state index is 0.0791. The van der Waals surface area contributed by atoms with Crippen LogP contribution in [0.1, 0.15) is 50.6 Å². The summed E-state index contributed by atoms with van der Waals surface area (Å²) in [7, 11) is 0. The van der Waals surface area contributed by atoms with E-state index in [1.54, 1.807) is 20.8 Å². The van der Waals surface area contributed by atoms with Crippen LogP contribution in [-0.2, 0) is 0 Å². The highest BCUT2D eigenvalue weighted by atomic mass is 32.1. The number of carboxylic acid groups (broad SMARTS) is 1. The Morgan fingerprint density at radius 2 is 2.17 bits per heavy atom. The molecule has 1 amide bonds. The van der Waals surface area contributed by atoms with Gasteiger partial charge in [-0.15, -0.1) is 11.3 Å². The van der Waals surface area contributed by atoms with Gasteiger partial charge in [-0.1, -0.05) is 6.07 Å². The van der Waals surface area contributed by atoms with E-state index in [2.05, 4.69) is 10.3 Å². The number of thiazole rings is 1. The van der Waals surface area contributed by atoms with Crippen molar-refractivity contribution in [1.82, 2.24) is 10.3 Å². The van der Waals surface area contributed by atoms with E-state index in [0.717, 1.165) is 11.3 Å². The number of aromatic carboxylic acids is 1. The number of rotatable bonds is 6. The Kier molecular flexibility index (Phi) is 5.50. The summed E-state index contributed by atoms with van der Waals surface area (Å²) in [6.07, 6.45) is 0. The van der Waals surface area contributed by atoms with Crippen molar-refractivity contribution in [3.63, 3.8) is 0 Å². The molecule has 8 heteroatoms. The largest absolute Gasteiger partial charge is 0.490 e. The van der Waals surface area contributed by atoms with Crippen LogP contribution in [0, 0.1) is 12.7 Å². The Morgan fingerprint density at radius 1 is 1.46 bits per heavy atom. The van der Waals surface area contributed by atoms with Crippen LogP contribution >= 0.6 is 11.3 Å². The maximum absolute atomic E-state index is 13.8. The molecule has 1 heterocycles. The molecular weight excluding hydrogens is 335 g/mol. The van der Waals surface area contributed by atoms with Crippen LogP contribution in [0.3, 0.4) is 0 Å². The minimum atomic E-state index is -1.06. The van der Waals surface area contributed by atoms with Crippen LogP contribution in [0.25, 0.3) is 0 Å². The minimum Gasteiger partial charge on any atom is -0.490 e. The number of benzene rings is 1. The predicted molar refractivity (Wildman–Crippen MR) is 87.3 cm³/mol. The number of hydrogen-bond acceptors (Lipinski definition) is 5. The number of hydrogen-bond donors (Lipinski definition) is 2. The number of carbonyl (C=O) groups excluding carboxylic acids is 1. The van der Waals surface area contributed by atoms with Crippen molar-refractivity contribution in [3.05, 3.63) is 45.2 Å². The van der Waals surface area contributed by atoms with Crippen molar-refractivity contribution < 1.29 is 23.8 Å². The number of carboxylic acids is 1. The zero-order chi connectivity index (χ0) is 17.9. The average molecular weight is 352 g/mol. The Hall–Kier alpha value is -2.48. The summed E-state index contributed by atoms with van der Waals surface area (Å²) in [6, 6.07) is 3.58. The molecular formula is C16H17FN2O4S. The first-order valence-electron chi connectivity index (χ1n) is 7.27. The molecule has 0 saturated heterocycles. The lowest BCUT2D eigenvalue weighted by Crippen LogP contribution is -2.27. The summed E-state index contributed by atoms with van der Waals surface area (Å²) in [5.41, 5.74) is 0.472. The van der Waals surface area contributed by atoms with Gasteiger partial charge in [0.05, 0.1) is 23.9 Å². The van der Waals surface area contributed by atoms with Crippen molar-refractivity contribution >= 4 is 23.2 Å². The molecule has 2 rings (SSSR count). The molecule has 0 spiro atoms. The number of carbonyl (C=O) groups is 2. The number of nitrogens with zero attached hydrogens (tertiary/aromatic N) is 1. The quantitative estimate of drug-likeness (QED) is 0.833. The fourth-order valence-electron chi connectivity index (χ4n) is 2.12. The monoisotopic (exact) mass is 352 g/mol. The van der Waals surface area contributed by atoms with Gasteiger partial charge in [-0.2, -0.15) is 0 Å². The smallest absolute Gasteiger partial charge is 0.347 e. The number of aryl methyl sites for hydroxylation is 1. The Balaban J connectivity index is 2.22. The van der Waals surface area contributed by atoms with E-state index in [0.29, 0.717) is 10.7 Å². The van der Waals surface area contributed by atoms with Crippen molar-refractivity contribution in [2.75, 3.05) is 6.61 Å². The van der Waals surface area contributed by atoms with Crippen LogP contribution in [0.5, 0.6) is 5.75 Å². The molecule has 0 aliphatic heterocycles. The first-order chi connectivity index (χ1) is 11.3. The molecule has 128 valence electrons. The van der Waals surface area contributed by atoms with Gasteiger partial charge in [-0.3, -0.25) is 4.79 Å². The number of ether oxygens (including phenoxy) is 1. The number of aromatic nitrogens is 1. The maximum Gasteiger partial charge on any atom is 0.347 e. The summed E-state index contributed by atoms with van der Waals surface area (Å²) >= 11 is 1.000. The van der Waals surface area contributed by atoms with E-state index in [1.165, 1.54) is 18.2 Å². The highest BCUT2D eigenvalue weighted by Gasteiger charge is 2.22. The lowest BCUT2D eigenvalue weighted by atomic mass is 10.1. The summed E-state index contributed by atoms with van der Waals surface area (Å²) < 4.78 is 19.0. The highest BCUT2D eigenvalue weighted by Crippen LogP contribution is 2.26. The first-order valence-corrected chi connectivity index (χ1v) is 8.09. The molecule has 1 aromatic carbocycles. The first kappa shape index (κ1) is 17.9. The Labute approximate surface area is 142 Å². The summed E-state index contributed by atoms with van der Waals surface area (Å²) in [5, 5.41) is 12.2. The SMILES string of the molecule is CCOc1c(F)cccc1C(=O)NC(C)c1nc(C)c(C(=O)O)s1. The summed E-state index contributed by atoms with van der Waals surface area (Å²) in [5.74, 6) is -2.30. The molecule has 6 nitrogen and oxygen atoms in total. The number of nitrogens with one attached hydrogen (secondary N) is 1. The van der Waals surface area contributed by atoms with E-state index in [4.69, 9.17) is 9.84 Å². The number of amides is 1. The second kappa shape index (κ2) is 7.39. The molecule has 1 aromatic heterocycles. The average Bonchev–Trinajstić information content (AvgIpc) is 2.91. The lowest BCUT2D eigenvalue weighted by Gasteiger charge is -2.14. The van der Waals surface area contributed by atoms with Gasteiger partial charge in [0.2, 0.25) is 0 Å². The van der Waals surface area contributed by atoms with Crippen LogP contribution in [0.4, 0.5) is 4.39 Å². The van der Waals surface area contributed by atoms with E-state index < -0.39 is 23.7 Å².